The molecule has 2 heterocycles. The zero-order chi connectivity index (χ0) is 21.5. The maximum absolute atomic E-state index is 13.8. The molecule has 5 nitrogen and oxygen atoms in total. The van der Waals surface area contributed by atoms with E-state index in [1.54, 1.807) is 12.1 Å². The summed E-state index contributed by atoms with van der Waals surface area (Å²) in [6.45, 7) is 0. The molecular weight excluding hydrogens is 456 g/mol. The van der Waals surface area contributed by atoms with Crippen molar-refractivity contribution >= 4 is 33.5 Å². The number of hydrogen-bond acceptors (Lipinski definition) is 4. The molecular formula is C25H19BrN2O3. The second-order valence-electron chi connectivity index (χ2n) is 7.84. The van der Waals surface area contributed by atoms with Crippen LogP contribution in [0.4, 0.5) is 5.69 Å². The lowest BCUT2D eigenvalue weighted by Crippen LogP contribution is -2.44. The van der Waals surface area contributed by atoms with Gasteiger partial charge in [-0.15, -0.1) is 0 Å². The minimum Gasteiger partial charge on any atom is -0.346 e. The van der Waals surface area contributed by atoms with Crippen LogP contribution in [-0.2, 0) is 0 Å². The van der Waals surface area contributed by atoms with E-state index >= 15 is 0 Å². The number of carbonyl (C=O) groups is 1. The summed E-state index contributed by atoms with van der Waals surface area (Å²) in [6.07, 6.45) is 3.81. The summed E-state index contributed by atoms with van der Waals surface area (Å²) in [4.78, 5) is 27.9. The van der Waals surface area contributed by atoms with Crippen molar-refractivity contribution in [2.45, 2.75) is 24.0 Å². The molecule has 0 saturated carbocycles. The van der Waals surface area contributed by atoms with E-state index in [4.69, 9.17) is 0 Å². The molecule has 6 heteroatoms. The van der Waals surface area contributed by atoms with Gasteiger partial charge in [0.05, 0.1) is 5.92 Å². The first-order chi connectivity index (χ1) is 15.1. The van der Waals surface area contributed by atoms with E-state index in [1.807, 2.05) is 83.8 Å². The molecule has 31 heavy (non-hydrogen) atoms. The van der Waals surface area contributed by atoms with E-state index in [2.05, 4.69) is 15.9 Å². The quantitative estimate of drug-likeness (QED) is 0.290. The Labute approximate surface area is 188 Å². The van der Waals surface area contributed by atoms with Crippen molar-refractivity contribution in [1.82, 2.24) is 0 Å². The van der Waals surface area contributed by atoms with Crippen molar-refractivity contribution < 1.29 is 9.72 Å². The maximum atomic E-state index is 13.8. The number of anilines is 1. The highest BCUT2D eigenvalue weighted by Crippen LogP contribution is 2.47. The van der Waals surface area contributed by atoms with Crippen LogP contribution in [0, 0.1) is 10.1 Å². The number of fused-ring (bicyclic) bond motifs is 3. The molecule has 0 spiro atoms. The lowest BCUT2D eigenvalue weighted by Gasteiger charge is -2.34. The average molecular weight is 475 g/mol. The van der Waals surface area contributed by atoms with Gasteiger partial charge in [0, 0.05) is 20.6 Å². The van der Waals surface area contributed by atoms with Gasteiger partial charge in [-0.25, -0.2) is 0 Å². The highest BCUT2D eigenvalue weighted by molar-refractivity contribution is 9.10. The second-order valence-corrected chi connectivity index (χ2v) is 8.76. The number of benzene rings is 3. The smallest absolute Gasteiger partial charge is 0.245 e. The number of Topliss-reactive ketones (excluding diaryl/α,β-unsaturated/α-hetero) is 1. The Morgan fingerprint density at radius 2 is 1.61 bits per heavy atom. The predicted molar refractivity (Wildman–Crippen MR) is 124 cm³/mol. The van der Waals surface area contributed by atoms with Gasteiger partial charge in [0.2, 0.25) is 6.04 Å². The standard InChI is InChI=1S/C25H19BrN2O3/c26-19-13-10-17(11-14-19)22-23(28(30)31)21-15-12-16-6-4-5-9-20(16)27(21)24(22)25(29)18-7-2-1-3-8-18/h1-15,21-24H. The van der Waals surface area contributed by atoms with Crippen molar-refractivity contribution in [3.8, 4) is 0 Å². The number of nitrogens with zero attached hydrogens (tertiary/aromatic N) is 2. The Morgan fingerprint density at radius 1 is 0.935 bits per heavy atom. The summed E-state index contributed by atoms with van der Waals surface area (Å²) in [5, 5.41) is 12.3. The Hall–Kier alpha value is -3.25. The molecule has 0 amide bonds. The fourth-order valence-electron chi connectivity index (χ4n) is 4.89. The van der Waals surface area contributed by atoms with Gasteiger partial charge >= 0.3 is 0 Å². The van der Waals surface area contributed by atoms with Crippen LogP contribution in [0.2, 0.25) is 0 Å². The number of hydrogen-bond donors (Lipinski definition) is 0. The summed E-state index contributed by atoms with van der Waals surface area (Å²) in [7, 11) is 0. The maximum Gasteiger partial charge on any atom is 0.245 e. The van der Waals surface area contributed by atoms with Gasteiger partial charge in [-0.2, -0.15) is 0 Å². The monoisotopic (exact) mass is 474 g/mol. The second kappa shape index (κ2) is 7.78. The van der Waals surface area contributed by atoms with Crippen LogP contribution in [0.3, 0.4) is 0 Å². The van der Waals surface area contributed by atoms with Crippen LogP contribution in [-0.4, -0.2) is 28.8 Å². The molecule has 0 aromatic heterocycles. The van der Waals surface area contributed by atoms with Crippen LogP contribution >= 0.6 is 15.9 Å². The molecule has 1 saturated heterocycles. The topological polar surface area (TPSA) is 63.4 Å². The molecule has 3 aromatic rings. The minimum absolute atomic E-state index is 0.104. The van der Waals surface area contributed by atoms with Gasteiger partial charge in [0.15, 0.2) is 5.78 Å². The minimum atomic E-state index is -0.941. The lowest BCUT2D eigenvalue weighted by atomic mass is 9.84. The Balaban J connectivity index is 1.72. The van der Waals surface area contributed by atoms with E-state index in [0.29, 0.717) is 5.56 Å². The number of para-hydroxylation sites is 1. The third-order valence-corrected chi connectivity index (χ3v) is 6.72. The molecule has 154 valence electrons. The highest BCUT2D eigenvalue weighted by Gasteiger charge is 2.58. The van der Waals surface area contributed by atoms with Gasteiger partial charge in [-0.1, -0.05) is 88.7 Å². The molecule has 0 aliphatic carbocycles. The number of carbonyl (C=O) groups excluding carboxylic acids is 1. The molecule has 0 radical (unpaired) electrons. The molecule has 2 aliphatic heterocycles. The Morgan fingerprint density at radius 3 is 2.32 bits per heavy atom. The molecule has 2 aliphatic rings. The number of ketones is 1. The number of rotatable bonds is 4. The van der Waals surface area contributed by atoms with Crippen LogP contribution in [0.15, 0.2) is 89.4 Å². The largest absolute Gasteiger partial charge is 0.346 e. The van der Waals surface area contributed by atoms with E-state index < -0.39 is 24.0 Å². The van der Waals surface area contributed by atoms with Gasteiger partial charge in [0.25, 0.3) is 0 Å². The predicted octanol–water partition coefficient (Wildman–Crippen LogP) is 5.35. The summed E-state index contributed by atoms with van der Waals surface area (Å²) < 4.78 is 0.890. The van der Waals surface area contributed by atoms with E-state index in [0.717, 1.165) is 21.3 Å². The van der Waals surface area contributed by atoms with Gasteiger partial charge in [0.1, 0.15) is 12.1 Å². The normalized spacial score (nSPS) is 23.8. The van der Waals surface area contributed by atoms with Crippen molar-refractivity contribution in [3.63, 3.8) is 0 Å². The van der Waals surface area contributed by atoms with E-state index in [1.165, 1.54) is 0 Å². The Bertz CT molecular complexity index is 1180. The van der Waals surface area contributed by atoms with Gasteiger partial charge in [-0.05, 0) is 29.3 Å². The van der Waals surface area contributed by atoms with Gasteiger partial charge < -0.3 is 4.90 Å². The summed E-state index contributed by atoms with van der Waals surface area (Å²) >= 11 is 3.44. The zero-order valence-electron chi connectivity index (χ0n) is 16.5. The lowest BCUT2D eigenvalue weighted by molar-refractivity contribution is -0.524. The fraction of sp³-hybridized carbons (Fsp3) is 0.160. The zero-order valence-corrected chi connectivity index (χ0v) is 18.1. The third-order valence-electron chi connectivity index (χ3n) is 6.19. The Kier molecular flexibility index (Phi) is 4.94. The van der Waals surface area contributed by atoms with Crippen molar-refractivity contribution in [3.05, 3.63) is 116 Å². The van der Waals surface area contributed by atoms with Crippen LogP contribution < -0.4 is 4.90 Å². The van der Waals surface area contributed by atoms with Crippen LogP contribution in [0.1, 0.15) is 27.4 Å². The fourth-order valence-corrected chi connectivity index (χ4v) is 5.15. The summed E-state index contributed by atoms with van der Waals surface area (Å²) in [6, 6.07) is 22.2. The van der Waals surface area contributed by atoms with Crippen LogP contribution in [0.5, 0.6) is 0 Å². The first-order valence-corrected chi connectivity index (χ1v) is 10.9. The summed E-state index contributed by atoms with van der Waals surface area (Å²) in [5.41, 5.74) is 3.17. The molecule has 1 fully saturated rings. The number of nitro groups is 1. The van der Waals surface area contributed by atoms with E-state index in [9.17, 15) is 14.9 Å². The van der Waals surface area contributed by atoms with E-state index in [-0.39, 0.29) is 10.7 Å². The SMILES string of the molecule is O=C(c1ccccc1)C1C(c2ccc(Br)cc2)C([N+](=O)[O-])C2C=Cc3ccccc3N21. The van der Waals surface area contributed by atoms with Crippen LogP contribution in [0.25, 0.3) is 6.08 Å². The molecule has 5 rings (SSSR count). The third kappa shape index (κ3) is 3.27. The summed E-state index contributed by atoms with van der Waals surface area (Å²) in [5.74, 6) is -0.690. The average Bonchev–Trinajstić information content (AvgIpc) is 3.15. The molecule has 4 unspecified atom stereocenters. The van der Waals surface area contributed by atoms with Crippen molar-refractivity contribution in [2.75, 3.05) is 4.90 Å². The highest BCUT2D eigenvalue weighted by atomic mass is 79.9. The first-order valence-electron chi connectivity index (χ1n) is 10.1. The first kappa shape index (κ1) is 19.7. The van der Waals surface area contributed by atoms with Crippen molar-refractivity contribution in [2.24, 2.45) is 0 Å². The molecule has 4 atom stereocenters. The van der Waals surface area contributed by atoms with Gasteiger partial charge in [-0.3, -0.25) is 14.9 Å². The molecule has 0 N–H and O–H groups in total. The molecule has 0 bridgehead atoms. The van der Waals surface area contributed by atoms with Crippen molar-refractivity contribution in [1.29, 1.82) is 0 Å². The molecule has 3 aromatic carbocycles. The number of halogens is 1.